The zero-order chi connectivity index (χ0) is 10.7. The van der Waals surface area contributed by atoms with Crippen molar-refractivity contribution < 1.29 is 0 Å². The van der Waals surface area contributed by atoms with Gasteiger partial charge in [-0.1, -0.05) is 6.42 Å². The van der Waals surface area contributed by atoms with Gasteiger partial charge in [0.1, 0.15) is 0 Å². The Kier molecular flexibility index (Phi) is 3.26. The van der Waals surface area contributed by atoms with Crippen LogP contribution < -0.4 is 10.9 Å². The Bertz CT molecular complexity index is 379. The van der Waals surface area contributed by atoms with Crippen LogP contribution in [-0.4, -0.2) is 21.9 Å². The number of aromatic amines is 1. The summed E-state index contributed by atoms with van der Waals surface area (Å²) >= 11 is 5.86. The van der Waals surface area contributed by atoms with Crippen molar-refractivity contribution in [2.24, 2.45) is 5.92 Å². The number of alkyl halides is 1. The average Bonchev–Trinajstić information content (AvgIpc) is 2.69. The summed E-state index contributed by atoms with van der Waals surface area (Å²) in [7, 11) is 0. The molecule has 82 valence electrons. The van der Waals surface area contributed by atoms with E-state index < -0.39 is 0 Å². The summed E-state index contributed by atoms with van der Waals surface area (Å²) in [5, 5.41) is 3.17. The van der Waals surface area contributed by atoms with Crippen LogP contribution in [0.2, 0.25) is 0 Å². The summed E-state index contributed by atoms with van der Waals surface area (Å²) in [5.74, 6) is 1.50. The number of hydrogen-bond donors (Lipinski definition) is 2. The Hall–Kier alpha value is -1.03. The van der Waals surface area contributed by atoms with Gasteiger partial charge in [0.2, 0.25) is 0 Å². The van der Waals surface area contributed by atoms with Crippen molar-refractivity contribution in [3.63, 3.8) is 0 Å². The summed E-state index contributed by atoms with van der Waals surface area (Å²) in [6.07, 6.45) is 6.47. The third-order valence-corrected chi connectivity index (χ3v) is 3.28. The molecule has 1 aromatic rings. The Morgan fingerprint density at radius 3 is 3.20 bits per heavy atom. The van der Waals surface area contributed by atoms with Crippen LogP contribution in [0.3, 0.4) is 0 Å². The second kappa shape index (κ2) is 4.66. The molecule has 0 radical (unpaired) electrons. The maximum atomic E-state index is 11.4. The van der Waals surface area contributed by atoms with Crippen molar-refractivity contribution in [1.29, 1.82) is 0 Å². The number of nitrogens with zero attached hydrogens (tertiary/aromatic N) is 1. The van der Waals surface area contributed by atoms with Gasteiger partial charge in [0.15, 0.2) is 5.82 Å². The zero-order valence-electron chi connectivity index (χ0n) is 8.37. The van der Waals surface area contributed by atoms with Gasteiger partial charge in [-0.05, 0) is 18.8 Å². The quantitative estimate of drug-likeness (QED) is 0.771. The fourth-order valence-electron chi connectivity index (χ4n) is 2.04. The lowest BCUT2D eigenvalue weighted by Crippen LogP contribution is -2.29. The molecule has 1 fully saturated rings. The van der Waals surface area contributed by atoms with Crippen LogP contribution in [0.1, 0.15) is 19.3 Å². The Morgan fingerprint density at radius 2 is 2.47 bits per heavy atom. The van der Waals surface area contributed by atoms with Crippen molar-refractivity contribution in [1.82, 2.24) is 9.97 Å². The normalized spacial score (nSPS) is 25.4. The van der Waals surface area contributed by atoms with Gasteiger partial charge >= 0.3 is 0 Å². The molecular weight excluding hydrogens is 214 g/mol. The van der Waals surface area contributed by atoms with E-state index in [1.807, 2.05) is 0 Å². The van der Waals surface area contributed by atoms with E-state index in [0.717, 1.165) is 12.8 Å². The number of halogens is 1. The zero-order valence-corrected chi connectivity index (χ0v) is 9.13. The molecule has 1 aromatic heterocycles. The first kappa shape index (κ1) is 10.5. The molecule has 0 aromatic carbocycles. The molecule has 2 unspecified atom stereocenters. The molecule has 0 spiro atoms. The molecule has 0 amide bonds. The standard InChI is InChI=1S/C10H14ClN3O/c11-6-7-2-1-3-8(7)14-9-10(15)13-5-4-12-9/h4-5,7-8H,1-3,6H2,(H,12,14)(H,13,15). The van der Waals surface area contributed by atoms with Crippen LogP contribution in [-0.2, 0) is 0 Å². The molecule has 0 aliphatic heterocycles. The molecule has 0 saturated heterocycles. The first-order chi connectivity index (χ1) is 7.31. The smallest absolute Gasteiger partial charge is 0.290 e. The summed E-state index contributed by atoms with van der Waals surface area (Å²) < 4.78 is 0. The van der Waals surface area contributed by atoms with Gasteiger partial charge in [0.25, 0.3) is 5.56 Å². The molecule has 2 atom stereocenters. The monoisotopic (exact) mass is 227 g/mol. The maximum absolute atomic E-state index is 11.4. The highest BCUT2D eigenvalue weighted by atomic mass is 35.5. The van der Waals surface area contributed by atoms with E-state index in [-0.39, 0.29) is 5.56 Å². The number of H-pyrrole nitrogens is 1. The Labute approximate surface area is 93.1 Å². The van der Waals surface area contributed by atoms with Crippen molar-refractivity contribution in [3.8, 4) is 0 Å². The number of hydrogen-bond acceptors (Lipinski definition) is 3. The minimum absolute atomic E-state index is 0.169. The topological polar surface area (TPSA) is 57.8 Å². The lowest BCUT2D eigenvalue weighted by molar-refractivity contribution is 0.560. The van der Waals surface area contributed by atoms with Crippen LogP contribution in [0, 0.1) is 5.92 Å². The SMILES string of the molecule is O=c1[nH]ccnc1NC1CCCC1CCl. The van der Waals surface area contributed by atoms with Gasteiger partial charge in [0.05, 0.1) is 0 Å². The lowest BCUT2D eigenvalue weighted by Gasteiger charge is -2.18. The van der Waals surface area contributed by atoms with E-state index in [2.05, 4.69) is 15.3 Å². The van der Waals surface area contributed by atoms with E-state index in [1.54, 1.807) is 6.20 Å². The number of aromatic nitrogens is 2. The molecule has 15 heavy (non-hydrogen) atoms. The van der Waals surface area contributed by atoms with Gasteiger partial charge in [-0.25, -0.2) is 4.98 Å². The second-order valence-electron chi connectivity index (χ2n) is 3.86. The molecule has 4 nitrogen and oxygen atoms in total. The third kappa shape index (κ3) is 2.31. The van der Waals surface area contributed by atoms with Crippen LogP contribution >= 0.6 is 11.6 Å². The van der Waals surface area contributed by atoms with Gasteiger partial charge in [-0.3, -0.25) is 4.79 Å². The molecule has 2 rings (SSSR count). The Morgan fingerprint density at radius 1 is 1.60 bits per heavy atom. The summed E-state index contributed by atoms with van der Waals surface area (Å²) in [5.41, 5.74) is -0.169. The van der Waals surface area contributed by atoms with E-state index in [0.29, 0.717) is 23.7 Å². The molecule has 1 aliphatic carbocycles. The number of rotatable bonds is 3. The predicted molar refractivity (Wildman–Crippen MR) is 60.3 cm³/mol. The van der Waals surface area contributed by atoms with Crippen LogP contribution in [0.15, 0.2) is 17.2 Å². The molecular formula is C10H14ClN3O. The average molecular weight is 228 g/mol. The second-order valence-corrected chi connectivity index (χ2v) is 4.17. The fraction of sp³-hybridized carbons (Fsp3) is 0.600. The van der Waals surface area contributed by atoms with Gasteiger partial charge in [-0.15, -0.1) is 11.6 Å². The van der Waals surface area contributed by atoms with Gasteiger partial charge in [0, 0.05) is 24.3 Å². The third-order valence-electron chi connectivity index (χ3n) is 2.89. The summed E-state index contributed by atoms with van der Waals surface area (Å²) in [6.45, 7) is 0. The predicted octanol–water partition coefficient (Wildman–Crippen LogP) is 1.59. The Balaban J connectivity index is 2.08. The van der Waals surface area contributed by atoms with Crippen LogP contribution in [0.4, 0.5) is 5.82 Å². The number of nitrogens with one attached hydrogen (secondary N) is 2. The molecule has 1 aliphatic rings. The van der Waals surface area contributed by atoms with E-state index in [9.17, 15) is 4.79 Å². The van der Waals surface area contributed by atoms with Gasteiger partial charge in [-0.2, -0.15) is 0 Å². The van der Waals surface area contributed by atoms with Gasteiger partial charge < -0.3 is 10.3 Å². The van der Waals surface area contributed by atoms with Crippen molar-refractivity contribution in [2.75, 3.05) is 11.2 Å². The molecule has 5 heteroatoms. The van der Waals surface area contributed by atoms with Crippen molar-refractivity contribution in [2.45, 2.75) is 25.3 Å². The van der Waals surface area contributed by atoms with E-state index in [1.165, 1.54) is 12.6 Å². The highest BCUT2D eigenvalue weighted by Gasteiger charge is 2.26. The molecule has 0 bridgehead atoms. The van der Waals surface area contributed by atoms with Crippen LogP contribution in [0.25, 0.3) is 0 Å². The van der Waals surface area contributed by atoms with E-state index >= 15 is 0 Å². The number of anilines is 1. The first-order valence-electron chi connectivity index (χ1n) is 5.17. The lowest BCUT2D eigenvalue weighted by atomic mass is 10.1. The summed E-state index contributed by atoms with van der Waals surface area (Å²) in [6, 6.07) is 0.290. The molecule has 1 saturated carbocycles. The maximum Gasteiger partial charge on any atom is 0.290 e. The largest absolute Gasteiger partial charge is 0.362 e. The highest BCUT2D eigenvalue weighted by molar-refractivity contribution is 6.18. The van der Waals surface area contributed by atoms with Crippen LogP contribution in [0.5, 0.6) is 0 Å². The van der Waals surface area contributed by atoms with Crippen molar-refractivity contribution in [3.05, 3.63) is 22.7 Å². The minimum Gasteiger partial charge on any atom is -0.362 e. The van der Waals surface area contributed by atoms with E-state index in [4.69, 9.17) is 11.6 Å². The summed E-state index contributed by atoms with van der Waals surface area (Å²) in [4.78, 5) is 18.0. The highest BCUT2D eigenvalue weighted by Crippen LogP contribution is 2.28. The minimum atomic E-state index is -0.169. The first-order valence-corrected chi connectivity index (χ1v) is 5.71. The van der Waals surface area contributed by atoms with Crippen molar-refractivity contribution >= 4 is 17.4 Å². The molecule has 1 heterocycles. The fourth-order valence-corrected chi connectivity index (χ4v) is 2.41. The molecule has 2 N–H and O–H groups in total.